The molecule has 7 heteroatoms. The molecule has 0 bridgehead atoms. The summed E-state index contributed by atoms with van der Waals surface area (Å²) >= 11 is 0. The van der Waals surface area contributed by atoms with E-state index in [1.165, 1.54) is 17.7 Å². The zero-order valence-electron chi connectivity index (χ0n) is 17.8. The van der Waals surface area contributed by atoms with E-state index in [0.29, 0.717) is 16.9 Å². The van der Waals surface area contributed by atoms with Crippen LogP contribution in [0.5, 0.6) is 5.75 Å². The van der Waals surface area contributed by atoms with Crippen LogP contribution in [-0.2, 0) is 22.0 Å². The molecule has 0 saturated heterocycles. The molecule has 0 aromatic heterocycles. The fourth-order valence-electron chi connectivity index (χ4n) is 3.17. The third-order valence-corrected chi connectivity index (χ3v) is 5.89. The maximum absolute atomic E-state index is 12.2. The van der Waals surface area contributed by atoms with E-state index in [4.69, 9.17) is 15.6 Å². The van der Waals surface area contributed by atoms with E-state index in [2.05, 4.69) is 32.9 Å². The van der Waals surface area contributed by atoms with Crippen LogP contribution in [0, 0.1) is 0 Å². The van der Waals surface area contributed by atoms with E-state index in [1.54, 1.807) is 30.3 Å². The zero-order chi connectivity index (χ0) is 22.8. The highest BCUT2D eigenvalue weighted by atomic mass is 32.2. The molecule has 4 N–H and O–H groups in total. The van der Waals surface area contributed by atoms with Crippen LogP contribution in [0.4, 0.5) is 0 Å². The molecule has 1 amide bonds. The van der Waals surface area contributed by atoms with Crippen LogP contribution in [0.2, 0.25) is 0 Å². The minimum Gasteiger partial charge on any atom is -0.489 e. The SMILES string of the molecule is CC(C)(C)c1ccc(COc2ccc(-c3cccc(C(N)=O)c3)c(S(N)(=O)=O)c2)cc1. The summed E-state index contributed by atoms with van der Waals surface area (Å²) in [4.78, 5) is 11.4. The van der Waals surface area contributed by atoms with E-state index < -0.39 is 15.9 Å². The molecule has 3 rings (SSSR count). The summed E-state index contributed by atoms with van der Waals surface area (Å²) in [7, 11) is -4.04. The van der Waals surface area contributed by atoms with E-state index in [0.717, 1.165) is 5.56 Å². The van der Waals surface area contributed by atoms with Crippen molar-refractivity contribution in [2.75, 3.05) is 0 Å². The number of primary amides is 1. The molecule has 0 heterocycles. The van der Waals surface area contributed by atoms with Gasteiger partial charge in [-0.1, -0.05) is 57.2 Å². The summed E-state index contributed by atoms with van der Waals surface area (Å²) in [5.41, 5.74) is 8.74. The topological polar surface area (TPSA) is 112 Å². The minimum absolute atomic E-state index is 0.0609. The van der Waals surface area contributed by atoms with E-state index in [1.807, 2.05) is 12.1 Å². The third-order valence-electron chi connectivity index (χ3n) is 4.94. The standard InChI is InChI=1S/C24H26N2O4S/c1-24(2,3)19-9-7-16(8-10-19)15-30-20-11-12-21(22(14-20)31(26,28)29)17-5-4-6-18(13-17)23(25)27/h4-14H,15H2,1-3H3,(H2,25,27)(H2,26,28,29). The van der Waals surface area contributed by atoms with Crippen molar-refractivity contribution in [1.29, 1.82) is 0 Å². The van der Waals surface area contributed by atoms with Crippen molar-refractivity contribution in [3.05, 3.63) is 83.4 Å². The number of primary sulfonamides is 1. The highest BCUT2D eigenvalue weighted by Crippen LogP contribution is 2.31. The Labute approximate surface area is 182 Å². The van der Waals surface area contributed by atoms with Gasteiger partial charge in [0.1, 0.15) is 12.4 Å². The number of amides is 1. The second kappa shape index (κ2) is 8.53. The Balaban J connectivity index is 1.89. The van der Waals surface area contributed by atoms with Crippen LogP contribution in [0.25, 0.3) is 11.1 Å². The number of hydrogen-bond acceptors (Lipinski definition) is 4. The number of hydrogen-bond donors (Lipinski definition) is 2. The summed E-state index contributed by atoms with van der Waals surface area (Å²) in [5, 5.41) is 5.45. The first-order valence-corrected chi connectivity index (χ1v) is 11.3. The lowest BCUT2D eigenvalue weighted by molar-refractivity contribution is 0.100. The lowest BCUT2D eigenvalue weighted by Crippen LogP contribution is -2.14. The Bertz CT molecular complexity index is 1210. The molecule has 0 fully saturated rings. The van der Waals surface area contributed by atoms with Crippen LogP contribution in [0.15, 0.2) is 71.6 Å². The number of carbonyl (C=O) groups is 1. The second-order valence-electron chi connectivity index (χ2n) is 8.38. The van der Waals surface area contributed by atoms with Gasteiger partial charge in [0.15, 0.2) is 0 Å². The van der Waals surface area contributed by atoms with Crippen LogP contribution < -0.4 is 15.6 Å². The molecule has 31 heavy (non-hydrogen) atoms. The van der Waals surface area contributed by atoms with E-state index >= 15 is 0 Å². The van der Waals surface area contributed by atoms with Crippen molar-refractivity contribution in [2.45, 2.75) is 37.7 Å². The van der Waals surface area contributed by atoms with Crippen molar-refractivity contribution >= 4 is 15.9 Å². The fraction of sp³-hybridized carbons (Fsp3) is 0.208. The molecular formula is C24H26N2O4S. The van der Waals surface area contributed by atoms with Gasteiger partial charge in [0.2, 0.25) is 15.9 Å². The molecule has 0 aliphatic carbocycles. The number of sulfonamides is 1. The normalized spacial score (nSPS) is 11.9. The second-order valence-corrected chi connectivity index (χ2v) is 9.91. The highest BCUT2D eigenvalue weighted by molar-refractivity contribution is 7.89. The van der Waals surface area contributed by atoms with Gasteiger partial charge in [-0.25, -0.2) is 13.6 Å². The zero-order valence-corrected chi connectivity index (χ0v) is 18.6. The summed E-state index contributed by atoms with van der Waals surface area (Å²) in [6.07, 6.45) is 0. The molecule has 0 atom stereocenters. The van der Waals surface area contributed by atoms with Gasteiger partial charge in [0, 0.05) is 17.2 Å². The number of nitrogens with two attached hydrogens (primary N) is 2. The van der Waals surface area contributed by atoms with Gasteiger partial charge < -0.3 is 10.5 Å². The molecule has 6 nitrogen and oxygen atoms in total. The predicted octanol–water partition coefficient (Wildman–Crippen LogP) is 3.98. The predicted molar refractivity (Wildman–Crippen MR) is 121 cm³/mol. The van der Waals surface area contributed by atoms with Gasteiger partial charge in [0.05, 0.1) is 4.90 Å². The van der Waals surface area contributed by atoms with Gasteiger partial charge in [-0.15, -0.1) is 0 Å². The van der Waals surface area contributed by atoms with Crippen molar-refractivity contribution in [2.24, 2.45) is 10.9 Å². The monoisotopic (exact) mass is 438 g/mol. The lowest BCUT2D eigenvalue weighted by Gasteiger charge is -2.19. The molecule has 0 unspecified atom stereocenters. The molecule has 0 spiro atoms. The van der Waals surface area contributed by atoms with Gasteiger partial charge in [-0.3, -0.25) is 4.79 Å². The molecular weight excluding hydrogens is 412 g/mol. The molecule has 3 aromatic rings. The Hall–Kier alpha value is -3.16. The van der Waals surface area contributed by atoms with Gasteiger partial charge in [0.25, 0.3) is 0 Å². The first-order chi connectivity index (χ1) is 14.4. The summed E-state index contributed by atoms with van der Waals surface area (Å²) in [6.45, 7) is 6.72. The molecule has 0 radical (unpaired) electrons. The number of benzene rings is 3. The van der Waals surface area contributed by atoms with Gasteiger partial charge in [-0.05, 0) is 46.4 Å². The van der Waals surface area contributed by atoms with E-state index in [-0.39, 0.29) is 22.5 Å². The summed E-state index contributed by atoms with van der Waals surface area (Å²) in [6, 6.07) is 19.2. The molecule has 3 aromatic carbocycles. The smallest absolute Gasteiger partial charge is 0.248 e. The molecule has 0 saturated carbocycles. The maximum Gasteiger partial charge on any atom is 0.248 e. The van der Waals surface area contributed by atoms with Crippen molar-refractivity contribution in [3.8, 4) is 16.9 Å². The lowest BCUT2D eigenvalue weighted by atomic mass is 9.87. The summed E-state index contributed by atoms with van der Waals surface area (Å²) < 4.78 is 30.3. The molecule has 0 aliphatic heterocycles. The number of carbonyl (C=O) groups excluding carboxylic acids is 1. The first-order valence-electron chi connectivity index (χ1n) is 9.74. The van der Waals surface area contributed by atoms with Gasteiger partial charge >= 0.3 is 0 Å². The van der Waals surface area contributed by atoms with Crippen molar-refractivity contribution in [3.63, 3.8) is 0 Å². The molecule has 162 valence electrons. The van der Waals surface area contributed by atoms with Crippen LogP contribution in [0.3, 0.4) is 0 Å². The quantitative estimate of drug-likeness (QED) is 0.606. The van der Waals surface area contributed by atoms with Crippen LogP contribution >= 0.6 is 0 Å². The fourth-order valence-corrected chi connectivity index (χ4v) is 3.95. The average molecular weight is 439 g/mol. The Morgan fingerprint density at radius 3 is 2.23 bits per heavy atom. The minimum atomic E-state index is -4.04. The van der Waals surface area contributed by atoms with Crippen molar-refractivity contribution < 1.29 is 17.9 Å². The highest BCUT2D eigenvalue weighted by Gasteiger charge is 2.18. The first kappa shape index (κ1) is 22.5. The Kier molecular flexibility index (Phi) is 6.20. The largest absolute Gasteiger partial charge is 0.489 e. The number of rotatable bonds is 6. The van der Waals surface area contributed by atoms with E-state index in [9.17, 15) is 13.2 Å². The van der Waals surface area contributed by atoms with Crippen LogP contribution in [0.1, 0.15) is 42.3 Å². The van der Waals surface area contributed by atoms with Crippen LogP contribution in [-0.4, -0.2) is 14.3 Å². The molecule has 0 aliphatic rings. The third kappa shape index (κ3) is 5.51. The Morgan fingerprint density at radius 1 is 0.968 bits per heavy atom. The average Bonchev–Trinajstić information content (AvgIpc) is 2.71. The van der Waals surface area contributed by atoms with Gasteiger partial charge in [-0.2, -0.15) is 0 Å². The number of ether oxygens (including phenoxy) is 1. The maximum atomic E-state index is 12.2. The van der Waals surface area contributed by atoms with Crippen molar-refractivity contribution in [1.82, 2.24) is 0 Å². The Morgan fingerprint density at radius 2 is 1.65 bits per heavy atom. The summed E-state index contributed by atoms with van der Waals surface area (Å²) in [5.74, 6) is -0.227.